The summed E-state index contributed by atoms with van der Waals surface area (Å²) in [5.41, 5.74) is 37.1. The van der Waals surface area contributed by atoms with Crippen molar-refractivity contribution in [3.05, 3.63) is 418 Å². The van der Waals surface area contributed by atoms with Crippen molar-refractivity contribution in [3.8, 4) is 77.9 Å². The van der Waals surface area contributed by atoms with Crippen LogP contribution in [0.3, 0.4) is 0 Å². The zero-order valence-corrected chi connectivity index (χ0v) is 60.3. The Balaban J connectivity index is 0.000000146. The average molecular weight is 1280 g/mol. The quantitative estimate of drug-likeness (QED) is 0.149. The molecule has 14 aromatic carbocycles. The van der Waals surface area contributed by atoms with Gasteiger partial charge in [-0.3, -0.25) is 0 Å². The van der Waals surface area contributed by atoms with Crippen LogP contribution in [0.4, 0.5) is 0 Å². The fraction of sp³-hybridized carbons (Fsp3) is 0.143. The van der Waals surface area contributed by atoms with Crippen LogP contribution in [0.2, 0.25) is 0 Å². The van der Waals surface area contributed by atoms with Crippen molar-refractivity contribution in [3.63, 3.8) is 0 Å². The van der Waals surface area contributed by atoms with E-state index in [-0.39, 0.29) is 0 Å². The Morgan fingerprint density at radius 3 is 0.837 bits per heavy atom. The minimum absolute atomic E-state index is 1.29. The van der Waals surface area contributed by atoms with E-state index in [1.54, 1.807) is 0 Å². The maximum Gasteiger partial charge on any atom is -0.0125 e. The molecule has 14 aromatic rings. The lowest BCUT2D eigenvalue weighted by Crippen LogP contribution is -1.86. The summed E-state index contributed by atoms with van der Waals surface area (Å²) >= 11 is 0. The molecule has 0 radical (unpaired) electrons. The molecule has 0 aromatic heterocycles. The van der Waals surface area contributed by atoms with Gasteiger partial charge >= 0.3 is 0 Å². The van der Waals surface area contributed by atoms with Gasteiger partial charge in [-0.15, -0.1) is 0 Å². The lowest BCUT2D eigenvalue weighted by molar-refractivity contribution is 1.34. The van der Waals surface area contributed by atoms with Crippen molar-refractivity contribution in [2.24, 2.45) is 0 Å². The molecule has 0 heteroatoms. The summed E-state index contributed by atoms with van der Waals surface area (Å²) in [7, 11) is 0. The molecule has 98 heavy (non-hydrogen) atoms. The van der Waals surface area contributed by atoms with Crippen molar-refractivity contribution >= 4 is 0 Å². The number of aryl methyl sites for hydroxylation is 14. The molecule has 0 heterocycles. The molecular formula is C98H98. The van der Waals surface area contributed by atoms with E-state index < -0.39 is 0 Å². The van der Waals surface area contributed by atoms with Crippen molar-refractivity contribution in [1.82, 2.24) is 0 Å². The molecule has 0 saturated heterocycles. The molecule has 0 bridgehead atoms. The first-order valence-corrected chi connectivity index (χ1v) is 34.3. The van der Waals surface area contributed by atoms with Crippen LogP contribution >= 0.6 is 0 Å². The number of hydrogen-bond acceptors (Lipinski definition) is 0. The fourth-order valence-electron chi connectivity index (χ4n) is 12.1. The fourth-order valence-corrected chi connectivity index (χ4v) is 12.1. The Kier molecular flexibility index (Phi) is 27.8. The molecule has 490 valence electrons. The van der Waals surface area contributed by atoms with E-state index in [1.165, 1.54) is 156 Å². The standard InChI is InChI=1S/7C14H14/c1-11-7-3-5-9-13(11)14-10-6-4-8-12(14)2;2*1-11-6-5-8-13(10-11)14-9-4-3-7-12(14)2;1-11-7-6-8-12(2)14(11)13-9-4-3-5-10-13;1-11-8-12(2)10-14(9-11)13-6-4-3-5-7-13;1-11-8-9-14(10-12(11)2)13-6-4-3-5-7-13;1-11-8-9-14(12(2)10-11)13-6-4-3-5-7-13/h7*3-10H,1-2H3. The Labute approximate surface area is 588 Å². The molecule has 0 atom stereocenters. The molecule has 0 aliphatic heterocycles. The van der Waals surface area contributed by atoms with Crippen molar-refractivity contribution in [2.45, 2.75) is 96.9 Å². The second-order valence-electron chi connectivity index (χ2n) is 25.7. The van der Waals surface area contributed by atoms with Crippen LogP contribution in [0, 0.1) is 96.9 Å². The molecule has 0 N–H and O–H groups in total. The molecular weight excluding hydrogens is 1180 g/mol. The number of benzene rings is 14. The Morgan fingerprint density at radius 2 is 0.439 bits per heavy atom. The van der Waals surface area contributed by atoms with Gasteiger partial charge in [-0.05, 0) is 225 Å². The smallest absolute Gasteiger partial charge is 0.0125 e. The summed E-state index contributed by atoms with van der Waals surface area (Å²) in [6, 6.07) is 120. The van der Waals surface area contributed by atoms with Gasteiger partial charge < -0.3 is 0 Å². The lowest BCUT2D eigenvalue weighted by atomic mass is 9.96. The second-order valence-corrected chi connectivity index (χ2v) is 25.7. The topological polar surface area (TPSA) is 0 Å². The van der Waals surface area contributed by atoms with Gasteiger partial charge in [0, 0.05) is 0 Å². The Morgan fingerprint density at radius 1 is 0.122 bits per heavy atom. The zero-order chi connectivity index (χ0) is 69.8. The summed E-state index contributed by atoms with van der Waals surface area (Å²) in [4.78, 5) is 0. The molecule has 0 fully saturated rings. The molecule has 0 aliphatic rings. The van der Waals surface area contributed by atoms with E-state index in [0.717, 1.165) is 0 Å². The van der Waals surface area contributed by atoms with Crippen molar-refractivity contribution in [2.75, 3.05) is 0 Å². The third kappa shape index (κ3) is 22.1. The third-order valence-corrected chi connectivity index (χ3v) is 17.5. The van der Waals surface area contributed by atoms with E-state index in [4.69, 9.17) is 0 Å². The van der Waals surface area contributed by atoms with Gasteiger partial charge in [0.15, 0.2) is 0 Å². The van der Waals surface area contributed by atoms with Crippen LogP contribution in [0.5, 0.6) is 0 Å². The first kappa shape index (κ1) is 72.9. The molecule has 0 unspecified atom stereocenters. The van der Waals surface area contributed by atoms with Gasteiger partial charge in [0.1, 0.15) is 0 Å². The van der Waals surface area contributed by atoms with Gasteiger partial charge in [-0.1, -0.05) is 368 Å². The van der Waals surface area contributed by atoms with E-state index >= 15 is 0 Å². The number of hydrogen-bond donors (Lipinski definition) is 0. The van der Waals surface area contributed by atoms with Gasteiger partial charge in [0.2, 0.25) is 0 Å². The van der Waals surface area contributed by atoms with Crippen LogP contribution < -0.4 is 0 Å². The average Bonchev–Trinajstić information content (AvgIpc) is 0.961. The summed E-state index contributed by atoms with van der Waals surface area (Å²) in [5.74, 6) is 0. The molecule has 0 spiro atoms. The van der Waals surface area contributed by atoms with Crippen LogP contribution in [0.15, 0.2) is 340 Å². The highest BCUT2D eigenvalue weighted by molar-refractivity contribution is 5.73. The van der Waals surface area contributed by atoms with Crippen LogP contribution in [0.25, 0.3) is 77.9 Å². The first-order valence-electron chi connectivity index (χ1n) is 34.3. The second kappa shape index (κ2) is 37.4. The molecule has 14 rings (SSSR count). The first-order chi connectivity index (χ1) is 47.4. The summed E-state index contributed by atoms with van der Waals surface area (Å²) in [5, 5.41) is 0. The van der Waals surface area contributed by atoms with Gasteiger partial charge in [-0.25, -0.2) is 0 Å². The van der Waals surface area contributed by atoms with Crippen LogP contribution in [-0.2, 0) is 0 Å². The third-order valence-electron chi connectivity index (χ3n) is 17.5. The van der Waals surface area contributed by atoms with Crippen LogP contribution in [0.1, 0.15) is 77.9 Å². The van der Waals surface area contributed by atoms with Gasteiger partial charge in [-0.2, -0.15) is 0 Å². The van der Waals surface area contributed by atoms with E-state index in [0.29, 0.717) is 0 Å². The minimum atomic E-state index is 1.29. The highest BCUT2D eigenvalue weighted by atomic mass is 14.1. The zero-order valence-electron chi connectivity index (χ0n) is 60.3. The normalized spacial score (nSPS) is 10.1. The molecule has 0 nitrogen and oxygen atoms in total. The number of rotatable bonds is 7. The monoisotopic (exact) mass is 1270 g/mol. The predicted molar refractivity (Wildman–Crippen MR) is 429 cm³/mol. The lowest BCUT2D eigenvalue weighted by Gasteiger charge is -2.09. The van der Waals surface area contributed by atoms with E-state index in [9.17, 15) is 0 Å². The van der Waals surface area contributed by atoms with Crippen LogP contribution in [-0.4, -0.2) is 0 Å². The van der Waals surface area contributed by atoms with Crippen molar-refractivity contribution in [1.29, 1.82) is 0 Å². The largest absolute Gasteiger partial charge is 0.0622 e. The summed E-state index contributed by atoms with van der Waals surface area (Å²) < 4.78 is 0. The summed E-state index contributed by atoms with van der Waals surface area (Å²) in [6.45, 7) is 30.1. The SMILES string of the molecule is Cc1cc(C)cc(-c2ccccc2)c1.Cc1ccc(-c2ccccc2)c(C)c1.Cc1ccc(-c2ccccc2)cc1C.Cc1cccc(-c2ccccc2C)c1.Cc1cccc(-c2ccccc2C)c1.Cc1cccc(C)c1-c1ccccc1.Cc1ccccc1-c1ccccc1C. The van der Waals surface area contributed by atoms with Gasteiger partial charge in [0.05, 0.1) is 0 Å². The van der Waals surface area contributed by atoms with E-state index in [2.05, 4.69) is 418 Å². The summed E-state index contributed by atoms with van der Waals surface area (Å²) in [6.07, 6.45) is 0. The Hall–Kier alpha value is -10.9. The predicted octanol–water partition coefficient (Wildman–Crippen LogP) is 27.8. The van der Waals surface area contributed by atoms with Gasteiger partial charge in [0.25, 0.3) is 0 Å². The Bertz CT molecular complexity index is 4570. The highest BCUT2D eigenvalue weighted by Crippen LogP contribution is 2.30. The molecule has 0 amide bonds. The minimum Gasteiger partial charge on any atom is -0.0622 e. The van der Waals surface area contributed by atoms with E-state index in [1.807, 2.05) is 18.2 Å². The van der Waals surface area contributed by atoms with Crippen molar-refractivity contribution < 1.29 is 0 Å². The molecule has 0 saturated carbocycles. The maximum absolute atomic E-state index is 2.24. The highest BCUT2D eigenvalue weighted by Gasteiger charge is 2.07. The maximum atomic E-state index is 2.24. The molecule has 0 aliphatic carbocycles.